The Kier molecular flexibility index (Phi) is 8.20. The summed E-state index contributed by atoms with van der Waals surface area (Å²) in [7, 11) is 3.14. The molecule has 0 unspecified atom stereocenters. The van der Waals surface area contributed by atoms with Gasteiger partial charge in [-0.05, 0) is 69.3 Å². The normalized spacial score (nSPS) is 13.5. The number of rotatable bonds is 6. The smallest absolute Gasteiger partial charge is 0.410 e. The van der Waals surface area contributed by atoms with Gasteiger partial charge in [0.05, 0.1) is 19.9 Å². The second kappa shape index (κ2) is 12.0. The van der Waals surface area contributed by atoms with Gasteiger partial charge in [-0.3, -0.25) is 9.59 Å². The molecular formula is C31H34N6O6. The zero-order valence-electron chi connectivity index (χ0n) is 24.8. The van der Waals surface area contributed by atoms with Gasteiger partial charge < -0.3 is 29.3 Å². The first-order valence-corrected chi connectivity index (χ1v) is 13.8. The number of methoxy groups -OCH3 is 2. The topological polar surface area (TPSA) is 128 Å². The molecule has 1 aliphatic heterocycles. The maximum absolute atomic E-state index is 13.1. The number of hydrogen-bond acceptors (Lipinski definition) is 8. The van der Waals surface area contributed by atoms with Crippen molar-refractivity contribution in [1.82, 2.24) is 24.4 Å². The van der Waals surface area contributed by atoms with E-state index in [4.69, 9.17) is 14.2 Å². The van der Waals surface area contributed by atoms with Gasteiger partial charge in [0, 0.05) is 55.3 Å². The lowest BCUT2D eigenvalue weighted by Crippen LogP contribution is -2.51. The molecule has 0 aliphatic carbocycles. The number of anilines is 1. The molecule has 0 bridgehead atoms. The standard InChI is InChI=1S/C31H34N6O6/c1-31(2,3)43-30(40)36-16-14-35(15-17-36)29(39)20-6-9-22(10-7-20)33-28(38)23-19-27-32-13-12-24(37(27)34-23)21-8-11-25(41-4)26(18-21)42-5/h6-13,18-19H,14-17H2,1-5H3,(H,33,38). The highest BCUT2D eigenvalue weighted by Gasteiger charge is 2.28. The minimum atomic E-state index is -0.571. The van der Waals surface area contributed by atoms with E-state index in [1.165, 1.54) is 0 Å². The Balaban J connectivity index is 1.24. The highest BCUT2D eigenvalue weighted by molar-refractivity contribution is 6.04. The second-order valence-corrected chi connectivity index (χ2v) is 11.0. The number of ether oxygens (including phenoxy) is 3. The van der Waals surface area contributed by atoms with E-state index < -0.39 is 11.5 Å². The van der Waals surface area contributed by atoms with Gasteiger partial charge >= 0.3 is 6.09 Å². The molecule has 4 aromatic rings. The van der Waals surface area contributed by atoms with E-state index in [2.05, 4.69) is 15.4 Å². The van der Waals surface area contributed by atoms with Crippen molar-refractivity contribution in [2.45, 2.75) is 26.4 Å². The van der Waals surface area contributed by atoms with Crippen LogP contribution in [0.25, 0.3) is 16.9 Å². The number of benzene rings is 2. The molecule has 3 amide bonds. The summed E-state index contributed by atoms with van der Waals surface area (Å²) in [4.78, 5) is 46.1. The molecule has 0 spiro atoms. The first kappa shape index (κ1) is 29.4. The number of hydrogen-bond donors (Lipinski definition) is 1. The van der Waals surface area contributed by atoms with Gasteiger partial charge in [0.15, 0.2) is 22.8 Å². The van der Waals surface area contributed by atoms with Gasteiger partial charge in [-0.1, -0.05) is 0 Å². The molecule has 1 fully saturated rings. The lowest BCUT2D eigenvalue weighted by molar-refractivity contribution is 0.0141. The maximum Gasteiger partial charge on any atom is 0.410 e. The van der Waals surface area contributed by atoms with Crippen LogP contribution in [0, 0.1) is 0 Å². The first-order chi connectivity index (χ1) is 20.6. The van der Waals surface area contributed by atoms with Gasteiger partial charge in [-0.25, -0.2) is 14.3 Å². The third kappa shape index (κ3) is 6.53. The quantitative estimate of drug-likeness (QED) is 0.353. The van der Waals surface area contributed by atoms with Crippen LogP contribution in [0.5, 0.6) is 11.5 Å². The highest BCUT2D eigenvalue weighted by atomic mass is 16.6. The number of nitrogens with one attached hydrogen (secondary N) is 1. The fourth-order valence-corrected chi connectivity index (χ4v) is 4.71. The van der Waals surface area contributed by atoms with Crippen LogP contribution in [0.4, 0.5) is 10.5 Å². The number of aromatic nitrogens is 3. The number of nitrogens with zero attached hydrogens (tertiary/aromatic N) is 5. The van der Waals surface area contributed by atoms with Gasteiger partial charge in [-0.2, -0.15) is 5.10 Å². The van der Waals surface area contributed by atoms with Crippen molar-refractivity contribution in [3.05, 3.63) is 72.1 Å². The second-order valence-electron chi connectivity index (χ2n) is 11.0. The van der Waals surface area contributed by atoms with Crippen LogP contribution in [0.1, 0.15) is 41.6 Å². The maximum atomic E-state index is 13.1. The summed E-state index contributed by atoms with van der Waals surface area (Å²) < 4.78 is 17.8. The van der Waals surface area contributed by atoms with Gasteiger partial charge in [0.25, 0.3) is 11.8 Å². The Morgan fingerprint density at radius 3 is 2.16 bits per heavy atom. The van der Waals surface area contributed by atoms with E-state index in [1.807, 2.05) is 32.9 Å². The molecule has 0 atom stereocenters. The molecule has 5 rings (SSSR count). The summed E-state index contributed by atoms with van der Waals surface area (Å²) in [6.45, 7) is 7.08. The molecule has 0 radical (unpaired) electrons. The van der Waals surface area contributed by atoms with Crippen LogP contribution in [0.2, 0.25) is 0 Å². The Morgan fingerprint density at radius 1 is 0.837 bits per heavy atom. The van der Waals surface area contributed by atoms with E-state index in [1.54, 1.807) is 77.2 Å². The van der Waals surface area contributed by atoms with Gasteiger partial charge in [0.1, 0.15) is 5.60 Å². The zero-order chi connectivity index (χ0) is 30.7. The Bertz CT molecular complexity index is 1650. The molecule has 43 heavy (non-hydrogen) atoms. The monoisotopic (exact) mass is 586 g/mol. The summed E-state index contributed by atoms with van der Waals surface area (Å²) in [5, 5.41) is 7.33. The lowest BCUT2D eigenvalue weighted by atomic mass is 10.1. The van der Waals surface area contributed by atoms with Crippen molar-refractivity contribution in [2.24, 2.45) is 0 Å². The fraction of sp³-hybridized carbons (Fsp3) is 0.323. The van der Waals surface area contributed by atoms with E-state index in [0.29, 0.717) is 54.6 Å². The SMILES string of the molecule is COc1ccc(-c2ccnc3cc(C(=O)Nc4ccc(C(=O)N5CCN(C(=O)OC(C)(C)C)CC5)cc4)nn23)cc1OC. The summed E-state index contributed by atoms with van der Waals surface area (Å²) in [6.07, 6.45) is 1.27. The van der Waals surface area contributed by atoms with Crippen molar-refractivity contribution in [2.75, 3.05) is 45.7 Å². The third-order valence-corrected chi connectivity index (χ3v) is 6.88. The molecular weight excluding hydrogens is 552 g/mol. The van der Waals surface area contributed by atoms with Gasteiger partial charge in [-0.15, -0.1) is 0 Å². The summed E-state index contributed by atoms with van der Waals surface area (Å²) in [5.74, 6) is 0.613. The lowest BCUT2D eigenvalue weighted by Gasteiger charge is -2.35. The van der Waals surface area contributed by atoms with E-state index in [0.717, 1.165) is 11.3 Å². The minimum Gasteiger partial charge on any atom is -0.493 e. The number of carbonyl (C=O) groups is 3. The molecule has 12 heteroatoms. The van der Waals surface area contributed by atoms with Crippen molar-refractivity contribution in [3.8, 4) is 22.8 Å². The molecule has 2 aromatic heterocycles. The van der Waals surface area contributed by atoms with Crippen LogP contribution in [-0.2, 0) is 4.74 Å². The first-order valence-electron chi connectivity index (χ1n) is 13.8. The minimum absolute atomic E-state index is 0.143. The van der Waals surface area contributed by atoms with Crippen molar-refractivity contribution >= 4 is 29.2 Å². The van der Waals surface area contributed by atoms with Crippen LogP contribution in [-0.4, -0.2) is 88.3 Å². The molecule has 0 saturated carbocycles. The predicted molar refractivity (Wildman–Crippen MR) is 160 cm³/mol. The Hall–Kier alpha value is -5.13. The Labute approximate surface area is 249 Å². The van der Waals surface area contributed by atoms with E-state index >= 15 is 0 Å². The average molecular weight is 587 g/mol. The van der Waals surface area contributed by atoms with Crippen LogP contribution in [0.15, 0.2) is 60.8 Å². The molecule has 1 N–H and O–H groups in total. The van der Waals surface area contributed by atoms with Gasteiger partial charge in [0.2, 0.25) is 0 Å². The fourth-order valence-electron chi connectivity index (χ4n) is 4.71. The number of amides is 3. The number of piperazine rings is 1. The third-order valence-electron chi connectivity index (χ3n) is 6.88. The molecule has 224 valence electrons. The summed E-state index contributed by atoms with van der Waals surface area (Å²) in [5.41, 5.74) is 2.65. The molecule has 1 aliphatic rings. The molecule has 3 heterocycles. The van der Waals surface area contributed by atoms with Crippen LogP contribution < -0.4 is 14.8 Å². The number of fused-ring (bicyclic) bond motifs is 1. The summed E-state index contributed by atoms with van der Waals surface area (Å²) >= 11 is 0. The highest BCUT2D eigenvalue weighted by Crippen LogP contribution is 2.32. The van der Waals surface area contributed by atoms with E-state index in [9.17, 15) is 14.4 Å². The molecule has 12 nitrogen and oxygen atoms in total. The Morgan fingerprint density at radius 2 is 1.51 bits per heavy atom. The number of carbonyl (C=O) groups excluding carboxylic acids is 3. The van der Waals surface area contributed by atoms with Crippen molar-refractivity contribution < 1.29 is 28.6 Å². The van der Waals surface area contributed by atoms with Crippen molar-refractivity contribution in [1.29, 1.82) is 0 Å². The summed E-state index contributed by atoms with van der Waals surface area (Å²) in [6, 6.07) is 15.6. The predicted octanol–water partition coefficient (Wildman–Crippen LogP) is 4.36. The zero-order valence-corrected chi connectivity index (χ0v) is 24.8. The van der Waals surface area contributed by atoms with Crippen molar-refractivity contribution in [3.63, 3.8) is 0 Å². The van der Waals surface area contributed by atoms with Crippen LogP contribution in [0.3, 0.4) is 0 Å². The molecule has 1 saturated heterocycles. The largest absolute Gasteiger partial charge is 0.493 e. The average Bonchev–Trinajstić information content (AvgIpc) is 3.45. The molecule has 2 aromatic carbocycles. The van der Waals surface area contributed by atoms with Crippen LogP contribution >= 0.6 is 0 Å². The van der Waals surface area contributed by atoms with E-state index in [-0.39, 0.29) is 17.7 Å².